The van der Waals surface area contributed by atoms with E-state index in [4.69, 9.17) is 16.3 Å². The molecule has 1 saturated heterocycles. The van der Waals surface area contributed by atoms with E-state index < -0.39 is 0 Å². The van der Waals surface area contributed by atoms with E-state index >= 15 is 0 Å². The van der Waals surface area contributed by atoms with Gasteiger partial charge in [0.2, 0.25) is 0 Å². The van der Waals surface area contributed by atoms with Crippen molar-refractivity contribution in [3.05, 3.63) is 27.4 Å². The molecule has 17 heavy (non-hydrogen) atoms. The second kappa shape index (κ2) is 6.03. The van der Waals surface area contributed by atoms with Crippen LogP contribution in [0.15, 0.2) is 16.6 Å². The van der Waals surface area contributed by atoms with Crippen LogP contribution in [0.3, 0.4) is 0 Å². The van der Waals surface area contributed by atoms with Crippen LogP contribution in [-0.4, -0.2) is 19.8 Å². The van der Waals surface area contributed by atoms with Crippen molar-refractivity contribution in [2.75, 3.05) is 25.1 Å². The Morgan fingerprint density at radius 3 is 3.00 bits per heavy atom. The molecule has 0 radical (unpaired) electrons. The SMILES string of the molecule is Fc1cc(Cl)c(NCC2CCCOC2)c(Br)c1. The number of halogens is 3. The molecule has 94 valence electrons. The average Bonchev–Trinajstić information content (AvgIpc) is 2.29. The van der Waals surface area contributed by atoms with Crippen LogP contribution < -0.4 is 5.32 Å². The maximum absolute atomic E-state index is 13.0. The summed E-state index contributed by atoms with van der Waals surface area (Å²) in [6, 6.07) is 2.72. The first-order valence-corrected chi connectivity index (χ1v) is 6.80. The Morgan fingerprint density at radius 1 is 1.53 bits per heavy atom. The fourth-order valence-corrected chi connectivity index (χ4v) is 2.89. The summed E-state index contributed by atoms with van der Waals surface area (Å²) < 4.78 is 19.1. The van der Waals surface area contributed by atoms with Crippen molar-refractivity contribution in [1.29, 1.82) is 0 Å². The summed E-state index contributed by atoms with van der Waals surface area (Å²) >= 11 is 9.29. The lowest BCUT2D eigenvalue weighted by atomic mass is 10.0. The maximum atomic E-state index is 13.0. The highest BCUT2D eigenvalue weighted by molar-refractivity contribution is 9.10. The van der Waals surface area contributed by atoms with Gasteiger partial charge in [-0.3, -0.25) is 0 Å². The van der Waals surface area contributed by atoms with Crippen molar-refractivity contribution < 1.29 is 9.13 Å². The fourth-order valence-electron chi connectivity index (χ4n) is 1.93. The molecule has 1 aromatic carbocycles. The first-order valence-electron chi connectivity index (χ1n) is 5.63. The number of rotatable bonds is 3. The number of hydrogen-bond acceptors (Lipinski definition) is 2. The van der Waals surface area contributed by atoms with Crippen LogP contribution in [-0.2, 0) is 4.74 Å². The van der Waals surface area contributed by atoms with Gasteiger partial charge in [-0.2, -0.15) is 0 Å². The normalized spacial score (nSPS) is 20.3. The minimum atomic E-state index is -0.339. The van der Waals surface area contributed by atoms with Gasteiger partial charge in [0, 0.05) is 17.6 Å². The van der Waals surface area contributed by atoms with Gasteiger partial charge in [0.25, 0.3) is 0 Å². The molecular weight excluding hydrogens is 308 g/mol. The monoisotopic (exact) mass is 321 g/mol. The third-order valence-corrected chi connectivity index (χ3v) is 3.75. The number of benzene rings is 1. The lowest BCUT2D eigenvalue weighted by molar-refractivity contribution is 0.0595. The Balaban J connectivity index is 1.98. The molecule has 1 aliphatic rings. The Labute approximate surface area is 114 Å². The van der Waals surface area contributed by atoms with Crippen LogP contribution in [0.1, 0.15) is 12.8 Å². The summed E-state index contributed by atoms with van der Waals surface area (Å²) in [7, 11) is 0. The van der Waals surface area contributed by atoms with Crippen LogP contribution >= 0.6 is 27.5 Å². The smallest absolute Gasteiger partial charge is 0.125 e. The maximum Gasteiger partial charge on any atom is 0.125 e. The molecule has 0 aromatic heterocycles. The van der Waals surface area contributed by atoms with Crippen LogP contribution in [0.25, 0.3) is 0 Å². The number of ether oxygens (including phenoxy) is 1. The third kappa shape index (κ3) is 3.57. The van der Waals surface area contributed by atoms with E-state index in [1.165, 1.54) is 12.1 Å². The summed E-state index contributed by atoms with van der Waals surface area (Å²) in [6.45, 7) is 2.44. The van der Waals surface area contributed by atoms with E-state index in [9.17, 15) is 4.39 Å². The van der Waals surface area contributed by atoms with Crippen molar-refractivity contribution in [2.45, 2.75) is 12.8 Å². The third-order valence-electron chi connectivity index (χ3n) is 2.83. The molecular formula is C12H14BrClFNO. The Bertz CT molecular complexity index is 373. The molecule has 1 heterocycles. The van der Waals surface area contributed by atoms with Crippen LogP contribution in [0, 0.1) is 11.7 Å². The molecule has 0 amide bonds. The van der Waals surface area contributed by atoms with Crippen LogP contribution in [0.2, 0.25) is 5.02 Å². The van der Waals surface area contributed by atoms with Gasteiger partial charge >= 0.3 is 0 Å². The molecule has 1 unspecified atom stereocenters. The lowest BCUT2D eigenvalue weighted by Gasteiger charge is -2.23. The van der Waals surface area contributed by atoms with Crippen LogP contribution in [0.4, 0.5) is 10.1 Å². The topological polar surface area (TPSA) is 21.3 Å². The molecule has 2 rings (SSSR count). The first kappa shape index (κ1) is 13.1. The molecule has 1 fully saturated rings. The summed E-state index contributed by atoms with van der Waals surface area (Å²) in [5.74, 6) is 0.158. The average molecular weight is 323 g/mol. The Kier molecular flexibility index (Phi) is 4.65. The van der Waals surface area contributed by atoms with Gasteiger partial charge in [0.15, 0.2) is 0 Å². The molecule has 0 aliphatic carbocycles. The fraction of sp³-hybridized carbons (Fsp3) is 0.500. The van der Waals surface area contributed by atoms with Gasteiger partial charge < -0.3 is 10.1 Å². The van der Waals surface area contributed by atoms with E-state index in [0.717, 1.165) is 38.3 Å². The summed E-state index contributed by atoms with van der Waals surface area (Å²) in [5.41, 5.74) is 0.749. The lowest BCUT2D eigenvalue weighted by Crippen LogP contribution is -2.24. The zero-order valence-corrected chi connectivity index (χ0v) is 11.7. The molecule has 0 spiro atoms. The highest BCUT2D eigenvalue weighted by Crippen LogP contribution is 2.32. The van der Waals surface area contributed by atoms with E-state index in [1.54, 1.807) is 0 Å². The molecule has 0 bridgehead atoms. The van der Waals surface area contributed by atoms with Crippen molar-refractivity contribution in [1.82, 2.24) is 0 Å². The van der Waals surface area contributed by atoms with Gasteiger partial charge in [0.1, 0.15) is 5.82 Å². The second-order valence-electron chi connectivity index (χ2n) is 4.21. The van der Waals surface area contributed by atoms with E-state index in [1.807, 2.05) is 0 Å². The molecule has 0 saturated carbocycles. The zero-order valence-electron chi connectivity index (χ0n) is 9.31. The second-order valence-corrected chi connectivity index (χ2v) is 5.47. The molecule has 1 aliphatic heterocycles. The molecule has 2 nitrogen and oxygen atoms in total. The van der Waals surface area contributed by atoms with Gasteiger partial charge in [0.05, 0.1) is 17.3 Å². The molecule has 1 N–H and O–H groups in total. The standard InChI is InChI=1S/C12H14BrClFNO/c13-10-4-9(15)5-11(14)12(10)16-6-8-2-1-3-17-7-8/h4-5,8,16H,1-3,6-7H2. The van der Waals surface area contributed by atoms with Gasteiger partial charge in [-0.25, -0.2) is 4.39 Å². The summed E-state index contributed by atoms with van der Waals surface area (Å²) in [6.07, 6.45) is 2.26. The molecule has 1 atom stereocenters. The Hall–Kier alpha value is -0.320. The summed E-state index contributed by atoms with van der Waals surface area (Å²) in [4.78, 5) is 0. The van der Waals surface area contributed by atoms with Crippen molar-refractivity contribution in [2.24, 2.45) is 5.92 Å². The number of hydrogen-bond donors (Lipinski definition) is 1. The van der Waals surface area contributed by atoms with Crippen molar-refractivity contribution in [3.8, 4) is 0 Å². The number of anilines is 1. The van der Waals surface area contributed by atoms with Crippen molar-refractivity contribution >= 4 is 33.2 Å². The molecule has 1 aromatic rings. The quantitative estimate of drug-likeness (QED) is 0.905. The van der Waals surface area contributed by atoms with Crippen LogP contribution in [0.5, 0.6) is 0 Å². The predicted octanol–water partition coefficient (Wildman–Crippen LogP) is 4.08. The van der Waals surface area contributed by atoms with E-state index in [-0.39, 0.29) is 5.82 Å². The Morgan fingerprint density at radius 2 is 2.35 bits per heavy atom. The number of nitrogens with one attached hydrogen (secondary N) is 1. The zero-order chi connectivity index (χ0) is 12.3. The van der Waals surface area contributed by atoms with Gasteiger partial charge in [-0.1, -0.05) is 11.6 Å². The minimum absolute atomic E-state index is 0.339. The van der Waals surface area contributed by atoms with E-state index in [0.29, 0.717) is 15.4 Å². The van der Waals surface area contributed by atoms with Crippen molar-refractivity contribution in [3.63, 3.8) is 0 Å². The van der Waals surface area contributed by atoms with Gasteiger partial charge in [-0.05, 0) is 46.8 Å². The highest BCUT2D eigenvalue weighted by atomic mass is 79.9. The predicted molar refractivity (Wildman–Crippen MR) is 71.1 cm³/mol. The summed E-state index contributed by atoms with van der Waals surface area (Å²) in [5, 5.41) is 3.65. The van der Waals surface area contributed by atoms with Gasteiger partial charge in [-0.15, -0.1) is 0 Å². The largest absolute Gasteiger partial charge is 0.383 e. The minimum Gasteiger partial charge on any atom is -0.383 e. The molecule has 5 heteroatoms. The van der Waals surface area contributed by atoms with E-state index in [2.05, 4.69) is 21.2 Å². The highest BCUT2D eigenvalue weighted by Gasteiger charge is 2.15. The first-order chi connectivity index (χ1) is 8.16.